The summed E-state index contributed by atoms with van der Waals surface area (Å²) in [6.45, 7) is 0. The van der Waals surface area contributed by atoms with Crippen LogP contribution in [-0.2, 0) is 4.79 Å². The number of rotatable bonds is 4. The standard InChI is InChI=1S/C2H8N6O/c3-6-2(5-1-9)7-8-4/h1-2,6H,3H2,(H2,4,7)(H,5,9). The summed E-state index contributed by atoms with van der Waals surface area (Å²) in [5.41, 5.74) is 2.12. The smallest absolute Gasteiger partial charge is 0.209 e. The van der Waals surface area contributed by atoms with Crippen LogP contribution in [0, 0.1) is 0 Å². The second-order valence-electron chi connectivity index (χ2n) is 1.08. The average Bonchev–Trinajstić information content (AvgIpc) is 1.88. The van der Waals surface area contributed by atoms with Gasteiger partial charge in [0.1, 0.15) is 0 Å². The number of hydrazine groups is 1. The van der Waals surface area contributed by atoms with E-state index in [1.54, 1.807) is 0 Å². The van der Waals surface area contributed by atoms with Crippen molar-refractivity contribution in [3.63, 3.8) is 0 Å². The second kappa shape index (κ2) is 4.94. The van der Waals surface area contributed by atoms with Crippen LogP contribution in [0.15, 0.2) is 10.3 Å². The molecule has 7 heteroatoms. The van der Waals surface area contributed by atoms with Crippen molar-refractivity contribution in [2.24, 2.45) is 22.0 Å². The summed E-state index contributed by atoms with van der Waals surface area (Å²) in [6.07, 6.45) is -0.313. The van der Waals surface area contributed by atoms with Gasteiger partial charge in [-0.1, -0.05) is 5.22 Å². The van der Waals surface area contributed by atoms with Gasteiger partial charge in [-0.3, -0.25) is 10.6 Å². The number of nitrogens with zero attached hydrogens (tertiary/aromatic N) is 2. The van der Waals surface area contributed by atoms with Crippen LogP contribution in [0.3, 0.4) is 0 Å². The van der Waals surface area contributed by atoms with Crippen molar-refractivity contribution in [1.82, 2.24) is 10.7 Å². The molecule has 0 aromatic heterocycles. The predicted molar refractivity (Wildman–Crippen MR) is 29.4 cm³/mol. The predicted octanol–water partition coefficient (Wildman–Crippen LogP) is -2.19. The maximum atomic E-state index is 9.70. The van der Waals surface area contributed by atoms with Gasteiger partial charge in [0, 0.05) is 0 Å². The molecule has 0 heterocycles. The van der Waals surface area contributed by atoms with E-state index in [2.05, 4.69) is 26.9 Å². The zero-order chi connectivity index (χ0) is 7.11. The molecule has 0 bridgehead atoms. The maximum Gasteiger partial charge on any atom is 0.209 e. The van der Waals surface area contributed by atoms with Gasteiger partial charge in [0.05, 0.1) is 0 Å². The summed E-state index contributed by atoms with van der Waals surface area (Å²) in [7, 11) is 0. The third-order valence-corrected chi connectivity index (χ3v) is 0.566. The Morgan fingerprint density at radius 1 is 1.67 bits per heavy atom. The molecule has 0 fully saturated rings. The summed E-state index contributed by atoms with van der Waals surface area (Å²) >= 11 is 0. The van der Waals surface area contributed by atoms with Gasteiger partial charge < -0.3 is 11.2 Å². The summed E-state index contributed by atoms with van der Waals surface area (Å²) in [4.78, 5) is 9.70. The molecule has 6 N–H and O–H groups in total. The zero-order valence-electron chi connectivity index (χ0n) is 4.61. The molecule has 7 nitrogen and oxygen atoms in total. The molecule has 0 aliphatic heterocycles. The van der Waals surface area contributed by atoms with E-state index in [9.17, 15) is 4.79 Å². The normalized spacial score (nSPS) is 13.4. The van der Waals surface area contributed by atoms with E-state index in [-0.39, 0.29) is 0 Å². The van der Waals surface area contributed by atoms with Crippen molar-refractivity contribution in [2.75, 3.05) is 0 Å². The minimum absolute atomic E-state index is 0.430. The number of amides is 1. The first-order valence-corrected chi connectivity index (χ1v) is 2.11. The van der Waals surface area contributed by atoms with Crippen LogP contribution in [0.1, 0.15) is 0 Å². The molecule has 0 radical (unpaired) electrons. The molecular weight excluding hydrogens is 124 g/mol. The van der Waals surface area contributed by atoms with Crippen molar-refractivity contribution < 1.29 is 4.79 Å². The van der Waals surface area contributed by atoms with Crippen LogP contribution in [0.25, 0.3) is 0 Å². The summed E-state index contributed by atoms with van der Waals surface area (Å²) in [6, 6.07) is 0. The van der Waals surface area contributed by atoms with Gasteiger partial charge in [0.15, 0.2) is 0 Å². The Kier molecular flexibility index (Phi) is 4.27. The van der Waals surface area contributed by atoms with Gasteiger partial charge in [0.25, 0.3) is 0 Å². The first kappa shape index (κ1) is 7.79. The van der Waals surface area contributed by atoms with Crippen molar-refractivity contribution in [3.8, 4) is 0 Å². The highest BCUT2D eigenvalue weighted by Gasteiger charge is 1.97. The van der Waals surface area contributed by atoms with Crippen LogP contribution in [0.4, 0.5) is 0 Å². The Hall–Kier alpha value is -1.21. The molecule has 0 aliphatic carbocycles. The lowest BCUT2D eigenvalue weighted by molar-refractivity contribution is -0.110. The first-order chi connectivity index (χ1) is 4.35. The van der Waals surface area contributed by atoms with Gasteiger partial charge in [-0.15, -0.1) is 5.11 Å². The summed E-state index contributed by atoms with van der Waals surface area (Å²) in [5.74, 6) is 9.51. The first-order valence-electron chi connectivity index (χ1n) is 2.11. The lowest BCUT2D eigenvalue weighted by atomic mass is 10.9. The molecular formula is C2H8N6O. The number of nitrogens with two attached hydrogens (primary N) is 2. The Morgan fingerprint density at radius 2 is 2.33 bits per heavy atom. The molecule has 0 aliphatic rings. The third kappa shape index (κ3) is 3.38. The Bertz CT molecular complexity index is 101. The van der Waals surface area contributed by atoms with E-state index in [1.165, 1.54) is 0 Å². The van der Waals surface area contributed by atoms with Crippen LogP contribution < -0.4 is 22.4 Å². The molecule has 0 saturated heterocycles. The van der Waals surface area contributed by atoms with Crippen molar-refractivity contribution >= 4 is 6.41 Å². The highest BCUT2D eigenvalue weighted by molar-refractivity contribution is 5.46. The van der Waals surface area contributed by atoms with Crippen molar-refractivity contribution in [2.45, 2.75) is 6.29 Å². The van der Waals surface area contributed by atoms with E-state index in [0.29, 0.717) is 6.41 Å². The van der Waals surface area contributed by atoms with E-state index in [4.69, 9.17) is 5.84 Å². The molecule has 0 aromatic rings. The van der Waals surface area contributed by atoms with Gasteiger partial charge >= 0.3 is 0 Å². The monoisotopic (exact) mass is 132 g/mol. The number of carbonyl (C=O) groups is 1. The fourth-order valence-corrected chi connectivity index (χ4v) is 0.246. The van der Waals surface area contributed by atoms with Crippen LogP contribution in [-0.4, -0.2) is 12.7 Å². The van der Waals surface area contributed by atoms with Crippen molar-refractivity contribution in [1.29, 1.82) is 0 Å². The van der Waals surface area contributed by atoms with Crippen LogP contribution >= 0.6 is 0 Å². The Morgan fingerprint density at radius 3 is 2.67 bits per heavy atom. The lowest BCUT2D eigenvalue weighted by Gasteiger charge is -2.04. The number of carbonyl (C=O) groups excluding carboxylic acids is 1. The molecule has 1 amide bonds. The van der Waals surface area contributed by atoms with Gasteiger partial charge in [-0.2, -0.15) is 0 Å². The molecule has 0 rings (SSSR count). The minimum Gasteiger partial charge on any atom is -0.322 e. The number of hydrogen-bond donors (Lipinski definition) is 4. The van der Waals surface area contributed by atoms with E-state index < -0.39 is 6.29 Å². The highest BCUT2D eigenvalue weighted by atomic mass is 16.1. The Labute approximate surface area is 51.4 Å². The van der Waals surface area contributed by atoms with E-state index in [1.807, 2.05) is 0 Å². The topological polar surface area (TPSA) is 118 Å². The number of hydrogen-bond acceptors (Lipinski definition) is 5. The number of nitrogens with one attached hydrogen (secondary N) is 2. The molecule has 1 unspecified atom stereocenters. The second-order valence-corrected chi connectivity index (χ2v) is 1.08. The Balaban J connectivity index is 3.53. The fraction of sp³-hybridized carbons (Fsp3) is 0.500. The van der Waals surface area contributed by atoms with Gasteiger partial charge in [-0.25, -0.2) is 5.43 Å². The maximum absolute atomic E-state index is 9.70. The summed E-state index contributed by atoms with van der Waals surface area (Å²) in [5, 5.41) is 8.32. The largest absolute Gasteiger partial charge is 0.322 e. The molecule has 52 valence electrons. The molecule has 9 heavy (non-hydrogen) atoms. The minimum atomic E-state index is -0.743. The third-order valence-electron chi connectivity index (χ3n) is 0.566. The average molecular weight is 132 g/mol. The van der Waals surface area contributed by atoms with E-state index in [0.717, 1.165) is 0 Å². The molecule has 0 aromatic carbocycles. The quantitative estimate of drug-likeness (QED) is 0.114. The van der Waals surface area contributed by atoms with Crippen molar-refractivity contribution in [3.05, 3.63) is 0 Å². The van der Waals surface area contributed by atoms with Gasteiger partial charge in [0.2, 0.25) is 12.7 Å². The molecule has 1 atom stereocenters. The fourth-order valence-electron chi connectivity index (χ4n) is 0.246. The lowest BCUT2D eigenvalue weighted by Crippen LogP contribution is -2.43. The molecule has 0 spiro atoms. The summed E-state index contributed by atoms with van der Waals surface area (Å²) < 4.78 is 0. The zero-order valence-corrected chi connectivity index (χ0v) is 4.61. The van der Waals surface area contributed by atoms with E-state index >= 15 is 0 Å². The molecule has 0 saturated carbocycles. The van der Waals surface area contributed by atoms with Gasteiger partial charge in [-0.05, 0) is 0 Å². The van der Waals surface area contributed by atoms with Crippen LogP contribution in [0.2, 0.25) is 0 Å². The van der Waals surface area contributed by atoms with Crippen LogP contribution in [0.5, 0.6) is 0 Å². The SMILES string of the molecule is NN=NC(NN)NC=O. The highest BCUT2D eigenvalue weighted by Crippen LogP contribution is 1.72.